The van der Waals surface area contributed by atoms with Gasteiger partial charge < -0.3 is 10.2 Å². The van der Waals surface area contributed by atoms with Gasteiger partial charge in [-0.05, 0) is 30.1 Å². The predicted molar refractivity (Wildman–Crippen MR) is 63.4 cm³/mol. The van der Waals surface area contributed by atoms with Crippen LogP contribution in [0.1, 0.15) is 26.7 Å². The summed E-state index contributed by atoms with van der Waals surface area (Å²) in [4.78, 5) is 13.8. The van der Waals surface area contributed by atoms with Gasteiger partial charge in [0, 0.05) is 25.0 Å². The van der Waals surface area contributed by atoms with E-state index in [0.717, 1.165) is 13.1 Å². The molecule has 2 aliphatic heterocycles. The first-order valence-corrected chi connectivity index (χ1v) is 6.73. The third kappa shape index (κ3) is 1.79. The monoisotopic (exact) mass is 258 g/mol. The lowest BCUT2D eigenvalue weighted by Gasteiger charge is -2.59. The molecule has 3 nitrogen and oxygen atoms in total. The Bertz CT molecular complexity index is 358. The first kappa shape index (κ1) is 12.2. The van der Waals surface area contributed by atoms with Crippen molar-refractivity contribution in [2.24, 2.45) is 23.2 Å². The molecule has 0 aromatic heterocycles. The highest BCUT2D eigenvalue weighted by Gasteiger charge is 2.54. The summed E-state index contributed by atoms with van der Waals surface area (Å²) < 4.78 is 24.7. The number of alkyl halides is 2. The maximum Gasteiger partial charge on any atom is 0.317 e. The third-order valence-electron chi connectivity index (χ3n) is 5.31. The number of piperidine rings is 2. The summed E-state index contributed by atoms with van der Waals surface area (Å²) in [6.45, 7) is 6.08. The van der Waals surface area contributed by atoms with Gasteiger partial charge in [0.15, 0.2) is 0 Å². The molecule has 1 N–H and O–H groups in total. The van der Waals surface area contributed by atoms with Gasteiger partial charge in [-0.15, -0.1) is 0 Å². The number of fused-ring (bicyclic) bond motifs is 2. The van der Waals surface area contributed by atoms with Gasteiger partial charge in [-0.1, -0.05) is 13.8 Å². The molecule has 2 saturated heterocycles. The van der Waals surface area contributed by atoms with E-state index in [1.54, 1.807) is 0 Å². The molecule has 2 amide bonds. The normalized spacial score (nSPS) is 40.4. The lowest BCUT2D eigenvalue weighted by Crippen LogP contribution is -2.62. The number of hydrogen-bond donors (Lipinski definition) is 1. The van der Waals surface area contributed by atoms with E-state index in [-0.39, 0.29) is 12.1 Å². The lowest BCUT2D eigenvalue weighted by molar-refractivity contribution is -0.0902. The standard InChI is InChI=1S/C13H20F2N2O/c1-13(2)7-3-8(13)6-17(5-7)12(18)16-10-4-9(10)11(14)15/h7-11H,3-6H2,1-2H3,(H,16,18)/t7-,8+,9?,10-/m1/s1. The molecule has 18 heavy (non-hydrogen) atoms. The fraction of sp³-hybridized carbons (Fsp3) is 0.923. The fourth-order valence-corrected chi connectivity index (χ4v) is 3.42. The minimum Gasteiger partial charge on any atom is -0.335 e. The molecule has 0 aromatic rings. The summed E-state index contributed by atoms with van der Waals surface area (Å²) >= 11 is 0. The molecular formula is C13H20F2N2O. The summed E-state index contributed by atoms with van der Waals surface area (Å²) in [7, 11) is 0. The quantitative estimate of drug-likeness (QED) is 0.810. The van der Waals surface area contributed by atoms with Gasteiger partial charge in [-0.2, -0.15) is 0 Å². The molecule has 0 spiro atoms. The molecule has 2 heterocycles. The van der Waals surface area contributed by atoms with E-state index in [2.05, 4.69) is 19.2 Å². The van der Waals surface area contributed by atoms with Gasteiger partial charge in [0.05, 0.1) is 0 Å². The Labute approximate surface area is 106 Å². The van der Waals surface area contributed by atoms with E-state index in [1.165, 1.54) is 6.42 Å². The van der Waals surface area contributed by atoms with E-state index < -0.39 is 12.3 Å². The molecule has 2 aliphatic carbocycles. The van der Waals surface area contributed by atoms with E-state index >= 15 is 0 Å². The van der Waals surface area contributed by atoms with E-state index in [4.69, 9.17) is 0 Å². The zero-order valence-corrected chi connectivity index (χ0v) is 10.8. The molecule has 2 bridgehead atoms. The first-order chi connectivity index (χ1) is 8.39. The molecule has 5 heteroatoms. The van der Waals surface area contributed by atoms with Crippen LogP contribution in [0, 0.1) is 23.2 Å². The number of amides is 2. The van der Waals surface area contributed by atoms with Crippen LogP contribution < -0.4 is 5.32 Å². The van der Waals surface area contributed by atoms with E-state index in [1.807, 2.05) is 4.90 Å². The van der Waals surface area contributed by atoms with Gasteiger partial charge >= 0.3 is 6.03 Å². The van der Waals surface area contributed by atoms with Crippen molar-refractivity contribution in [2.45, 2.75) is 39.2 Å². The van der Waals surface area contributed by atoms with Crippen molar-refractivity contribution in [1.29, 1.82) is 0 Å². The highest BCUT2D eigenvalue weighted by molar-refractivity contribution is 5.75. The van der Waals surface area contributed by atoms with Crippen LogP contribution in [-0.2, 0) is 0 Å². The largest absolute Gasteiger partial charge is 0.335 e. The van der Waals surface area contributed by atoms with Gasteiger partial charge in [0.25, 0.3) is 0 Å². The topological polar surface area (TPSA) is 32.3 Å². The van der Waals surface area contributed by atoms with E-state index in [9.17, 15) is 13.6 Å². The van der Waals surface area contributed by atoms with Crippen LogP contribution in [0.3, 0.4) is 0 Å². The Kier molecular flexibility index (Phi) is 2.58. The zero-order chi connectivity index (χ0) is 13.1. The SMILES string of the molecule is CC1(C)[C@@H]2C[C@H]1CN(C(=O)N[C@@H]1CC1C(F)F)C2. The Morgan fingerprint density at radius 2 is 1.89 bits per heavy atom. The molecule has 4 rings (SSSR count). The van der Waals surface area contributed by atoms with Crippen molar-refractivity contribution in [3.05, 3.63) is 0 Å². The molecule has 102 valence electrons. The Morgan fingerprint density at radius 1 is 1.28 bits per heavy atom. The lowest BCUT2D eigenvalue weighted by atomic mass is 9.52. The summed E-state index contributed by atoms with van der Waals surface area (Å²) in [6.07, 6.45) is -0.667. The maximum absolute atomic E-state index is 12.4. The fourth-order valence-electron chi connectivity index (χ4n) is 3.42. The molecule has 0 radical (unpaired) electrons. The number of hydrogen-bond acceptors (Lipinski definition) is 1. The second kappa shape index (κ2) is 3.81. The second-order valence-electron chi connectivity index (χ2n) is 6.65. The summed E-state index contributed by atoms with van der Waals surface area (Å²) in [5, 5.41) is 2.73. The van der Waals surface area contributed by atoms with Gasteiger partial charge in [-0.25, -0.2) is 13.6 Å². The zero-order valence-electron chi connectivity index (χ0n) is 10.8. The highest BCUT2D eigenvalue weighted by Crippen LogP contribution is 2.54. The van der Waals surface area contributed by atoms with Crippen molar-refractivity contribution in [2.75, 3.05) is 13.1 Å². The molecule has 4 aliphatic rings. The molecule has 0 aromatic carbocycles. The van der Waals surface area contributed by atoms with Crippen LogP contribution in [0.4, 0.5) is 13.6 Å². The minimum atomic E-state index is -2.30. The number of halogens is 2. The molecule has 2 saturated carbocycles. The highest BCUT2D eigenvalue weighted by atomic mass is 19.3. The third-order valence-corrected chi connectivity index (χ3v) is 5.31. The number of carbonyl (C=O) groups excluding carboxylic acids is 1. The van der Waals surface area contributed by atoms with Crippen molar-refractivity contribution >= 4 is 6.03 Å². The van der Waals surface area contributed by atoms with Gasteiger partial charge in [0.1, 0.15) is 0 Å². The number of nitrogens with zero attached hydrogens (tertiary/aromatic N) is 1. The molecule has 4 atom stereocenters. The number of urea groups is 1. The van der Waals surface area contributed by atoms with Crippen LogP contribution in [0.2, 0.25) is 0 Å². The second-order valence-corrected chi connectivity index (χ2v) is 6.65. The Hall–Kier alpha value is -0.870. The number of rotatable bonds is 2. The number of carbonyl (C=O) groups is 1. The minimum absolute atomic E-state index is 0.145. The van der Waals surface area contributed by atoms with Crippen LogP contribution in [0.5, 0.6) is 0 Å². The first-order valence-electron chi connectivity index (χ1n) is 6.73. The van der Waals surface area contributed by atoms with Crippen molar-refractivity contribution in [3.8, 4) is 0 Å². The smallest absolute Gasteiger partial charge is 0.317 e. The average Bonchev–Trinajstić information content (AvgIpc) is 3.08. The maximum atomic E-state index is 12.4. The Balaban J connectivity index is 1.51. The van der Waals surface area contributed by atoms with Crippen LogP contribution in [0.15, 0.2) is 0 Å². The van der Waals surface area contributed by atoms with Crippen LogP contribution in [-0.4, -0.2) is 36.5 Å². The molecule has 1 unspecified atom stereocenters. The van der Waals surface area contributed by atoms with Crippen molar-refractivity contribution in [1.82, 2.24) is 10.2 Å². The predicted octanol–water partition coefficient (Wildman–Crippen LogP) is 2.33. The summed E-state index contributed by atoms with van der Waals surface area (Å²) in [5.74, 6) is 0.531. The summed E-state index contributed by atoms with van der Waals surface area (Å²) in [5.41, 5.74) is 0.349. The van der Waals surface area contributed by atoms with Crippen molar-refractivity contribution in [3.63, 3.8) is 0 Å². The Morgan fingerprint density at radius 3 is 2.33 bits per heavy atom. The van der Waals surface area contributed by atoms with Crippen LogP contribution in [0.25, 0.3) is 0 Å². The average molecular weight is 258 g/mol. The van der Waals surface area contributed by atoms with Gasteiger partial charge in [-0.3, -0.25) is 0 Å². The summed E-state index contributed by atoms with van der Waals surface area (Å²) in [6, 6.07) is -0.447. The molecular weight excluding hydrogens is 238 g/mol. The van der Waals surface area contributed by atoms with Crippen LogP contribution >= 0.6 is 0 Å². The van der Waals surface area contributed by atoms with Gasteiger partial charge in [0.2, 0.25) is 6.43 Å². The molecule has 4 fully saturated rings. The number of nitrogens with one attached hydrogen (secondary N) is 1. The van der Waals surface area contributed by atoms with Crippen molar-refractivity contribution < 1.29 is 13.6 Å². The van der Waals surface area contributed by atoms with E-state index in [0.29, 0.717) is 23.7 Å².